The van der Waals surface area contributed by atoms with Gasteiger partial charge in [0.2, 0.25) is 10.0 Å². The van der Waals surface area contributed by atoms with Crippen LogP contribution in [0.15, 0.2) is 24.4 Å². The summed E-state index contributed by atoms with van der Waals surface area (Å²) >= 11 is 0. The second-order valence-electron chi connectivity index (χ2n) is 3.93. The Morgan fingerprint density at radius 1 is 1.41 bits per heavy atom. The summed E-state index contributed by atoms with van der Waals surface area (Å²) in [5.41, 5.74) is 1.74. The Kier molecular flexibility index (Phi) is 3.08. The minimum atomic E-state index is -3.16. The third-order valence-corrected chi connectivity index (χ3v) is 3.25. The molecule has 0 unspecified atom stereocenters. The lowest BCUT2D eigenvalue weighted by atomic mass is 10.1. The van der Waals surface area contributed by atoms with Crippen molar-refractivity contribution in [1.82, 2.24) is 9.71 Å². The van der Waals surface area contributed by atoms with E-state index < -0.39 is 10.0 Å². The topological polar surface area (TPSA) is 82.2 Å². The number of phenolic OH excluding ortho intramolecular Hbond substituents is 1. The smallest absolute Gasteiger partial charge is 0.208 e. The SMILES string of the molecule is CS(=O)(=O)NCCc1c[nH]c2cccc(O)c12. The fraction of sp³-hybridized carbons (Fsp3) is 0.273. The molecular weight excluding hydrogens is 240 g/mol. The van der Waals surface area contributed by atoms with Gasteiger partial charge in [0.15, 0.2) is 0 Å². The fourth-order valence-electron chi connectivity index (χ4n) is 1.80. The van der Waals surface area contributed by atoms with Gasteiger partial charge in [0.25, 0.3) is 0 Å². The average molecular weight is 254 g/mol. The molecule has 5 nitrogen and oxygen atoms in total. The third-order valence-electron chi connectivity index (χ3n) is 2.52. The molecule has 0 aliphatic carbocycles. The van der Waals surface area contributed by atoms with Crippen molar-refractivity contribution in [2.45, 2.75) is 6.42 Å². The van der Waals surface area contributed by atoms with Crippen molar-refractivity contribution in [2.24, 2.45) is 0 Å². The standard InChI is InChI=1S/C11H14N2O3S/c1-17(15,16)13-6-5-8-7-12-9-3-2-4-10(14)11(8)9/h2-4,7,12-14H,5-6H2,1H3. The number of sulfonamides is 1. The van der Waals surface area contributed by atoms with Crippen LogP contribution < -0.4 is 4.72 Å². The van der Waals surface area contributed by atoms with E-state index in [2.05, 4.69) is 9.71 Å². The molecule has 3 N–H and O–H groups in total. The molecule has 0 amide bonds. The van der Waals surface area contributed by atoms with Gasteiger partial charge in [-0.1, -0.05) is 6.07 Å². The second kappa shape index (κ2) is 4.38. The number of aromatic hydroxyl groups is 1. The third kappa shape index (κ3) is 2.78. The summed E-state index contributed by atoms with van der Waals surface area (Å²) in [6.07, 6.45) is 3.44. The summed E-state index contributed by atoms with van der Waals surface area (Å²) in [6, 6.07) is 5.24. The van der Waals surface area contributed by atoms with E-state index in [0.29, 0.717) is 13.0 Å². The van der Waals surface area contributed by atoms with Crippen molar-refractivity contribution in [3.63, 3.8) is 0 Å². The summed E-state index contributed by atoms with van der Waals surface area (Å²) in [6.45, 7) is 0.320. The van der Waals surface area contributed by atoms with Gasteiger partial charge in [-0.3, -0.25) is 0 Å². The predicted molar refractivity (Wildman–Crippen MR) is 66.5 cm³/mol. The summed E-state index contributed by atoms with van der Waals surface area (Å²) in [7, 11) is -3.16. The van der Waals surface area contributed by atoms with Gasteiger partial charge >= 0.3 is 0 Å². The van der Waals surface area contributed by atoms with Crippen LogP contribution in [0.5, 0.6) is 5.75 Å². The zero-order valence-corrected chi connectivity index (χ0v) is 10.2. The molecule has 1 aromatic heterocycles. The number of benzene rings is 1. The Bertz CT molecular complexity index is 631. The van der Waals surface area contributed by atoms with Gasteiger partial charge < -0.3 is 10.1 Å². The molecule has 2 aromatic rings. The van der Waals surface area contributed by atoms with E-state index in [1.54, 1.807) is 18.3 Å². The average Bonchev–Trinajstić information content (AvgIpc) is 2.61. The number of aromatic nitrogens is 1. The highest BCUT2D eigenvalue weighted by atomic mass is 32.2. The van der Waals surface area contributed by atoms with E-state index in [1.807, 2.05) is 6.07 Å². The van der Waals surface area contributed by atoms with Crippen molar-refractivity contribution < 1.29 is 13.5 Å². The molecule has 0 saturated heterocycles. The van der Waals surface area contributed by atoms with Crippen LogP contribution in [0.4, 0.5) is 0 Å². The fourth-order valence-corrected chi connectivity index (χ4v) is 2.28. The Morgan fingerprint density at radius 3 is 2.88 bits per heavy atom. The second-order valence-corrected chi connectivity index (χ2v) is 5.76. The summed E-state index contributed by atoms with van der Waals surface area (Å²) < 4.78 is 24.3. The zero-order valence-electron chi connectivity index (χ0n) is 9.40. The van der Waals surface area contributed by atoms with Gasteiger partial charge in [0.05, 0.1) is 6.26 Å². The Morgan fingerprint density at radius 2 is 2.18 bits per heavy atom. The molecule has 0 aliphatic rings. The van der Waals surface area contributed by atoms with Crippen molar-refractivity contribution in [3.05, 3.63) is 30.0 Å². The van der Waals surface area contributed by atoms with E-state index >= 15 is 0 Å². The Hall–Kier alpha value is -1.53. The van der Waals surface area contributed by atoms with Crippen LogP contribution in [0, 0.1) is 0 Å². The lowest BCUT2D eigenvalue weighted by Gasteiger charge is -2.02. The van der Waals surface area contributed by atoms with Crippen LogP contribution in [0.3, 0.4) is 0 Å². The Labute approximate surface area is 99.5 Å². The molecule has 1 heterocycles. The number of hydrogen-bond donors (Lipinski definition) is 3. The monoisotopic (exact) mass is 254 g/mol. The normalized spacial score (nSPS) is 12.1. The molecule has 2 rings (SSSR count). The largest absolute Gasteiger partial charge is 0.507 e. The van der Waals surface area contributed by atoms with Crippen molar-refractivity contribution in [2.75, 3.05) is 12.8 Å². The molecule has 0 fully saturated rings. The highest BCUT2D eigenvalue weighted by molar-refractivity contribution is 7.88. The first-order valence-electron chi connectivity index (χ1n) is 5.20. The van der Waals surface area contributed by atoms with Crippen LogP contribution in [0.1, 0.15) is 5.56 Å². The van der Waals surface area contributed by atoms with Gasteiger partial charge in [0.1, 0.15) is 5.75 Å². The minimum absolute atomic E-state index is 0.207. The van der Waals surface area contributed by atoms with Crippen LogP contribution in [0.2, 0.25) is 0 Å². The summed E-state index contributed by atoms with van der Waals surface area (Å²) in [5.74, 6) is 0.207. The van der Waals surface area contributed by atoms with E-state index in [4.69, 9.17) is 0 Å². The van der Waals surface area contributed by atoms with Gasteiger partial charge in [-0.05, 0) is 24.1 Å². The molecule has 0 radical (unpaired) electrons. The molecule has 6 heteroatoms. The highest BCUT2D eigenvalue weighted by Gasteiger charge is 2.08. The molecule has 0 saturated carbocycles. The van der Waals surface area contributed by atoms with Gasteiger partial charge in [-0.2, -0.15) is 0 Å². The van der Waals surface area contributed by atoms with E-state index in [1.165, 1.54) is 0 Å². The molecular formula is C11H14N2O3S. The van der Waals surface area contributed by atoms with Crippen molar-refractivity contribution >= 4 is 20.9 Å². The van der Waals surface area contributed by atoms with Crippen LogP contribution >= 0.6 is 0 Å². The zero-order chi connectivity index (χ0) is 12.5. The summed E-state index contributed by atoms with van der Waals surface area (Å²) in [5, 5.41) is 10.5. The van der Waals surface area contributed by atoms with E-state index in [9.17, 15) is 13.5 Å². The first-order valence-corrected chi connectivity index (χ1v) is 7.09. The molecule has 17 heavy (non-hydrogen) atoms. The quantitative estimate of drug-likeness (QED) is 0.760. The van der Waals surface area contributed by atoms with Crippen molar-refractivity contribution in [1.29, 1.82) is 0 Å². The molecule has 0 atom stereocenters. The molecule has 0 aliphatic heterocycles. The van der Waals surface area contributed by atoms with Crippen LogP contribution in [-0.2, 0) is 16.4 Å². The van der Waals surface area contributed by atoms with E-state index in [-0.39, 0.29) is 5.75 Å². The highest BCUT2D eigenvalue weighted by Crippen LogP contribution is 2.27. The number of fused-ring (bicyclic) bond motifs is 1. The number of rotatable bonds is 4. The number of H-pyrrole nitrogens is 1. The number of aromatic amines is 1. The molecule has 1 aromatic carbocycles. The van der Waals surface area contributed by atoms with Crippen LogP contribution in [0.25, 0.3) is 10.9 Å². The number of hydrogen-bond acceptors (Lipinski definition) is 3. The maximum atomic E-state index is 10.9. The van der Waals surface area contributed by atoms with Crippen LogP contribution in [-0.4, -0.2) is 31.3 Å². The van der Waals surface area contributed by atoms with E-state index in [0.717, 1.165) is 22.7 Å². The minimum Gasteiger partial charge on any atom is -0.507 e. The predicted octanol–water partition coefficient (Wildman–Crippen LogP) is 0.965. The first-order chi connectivity index (χ1) is 7.97. The number of phenols is 1. The molecule has 92 valence electrons. The Balaban J connectivity index is 2.20. The first kappa shape index (κ1) is 11.9. The molecule has 0 spiro atoms. The lowest BCUT2D eigenvalue weighted by Crippen LogP contribution is -2.24. The maximum Gasteiger partial charge on any atom is 0.208 e. The van der Waals surface area contributed by atoms with Gasteiger partial charge in [-0.25, -0.2) is 13.1 Å². The lowest BCUT2D eigenvalue weighted by molar-refractivity contribution is 0.481. The molecule has 0 bridgehead atoms. The maximum absolute atomic E-state index is 10.9. The summed E-state index contributed by atoms with van der Waals surface area (Å²) in [4.78, 5) is 3.04. The number of nitrogens with one attached hydrogen (secondary N) is 2. The van der Waals surface area contributed by atoms with Gasteiger partial charge in [0, 0.05) is 23.6 Å². The van der Waals surface area contributed by atoms with Crippen molar-refractivity contribution in [3.8, 4) is 5.75 Å². The van der Waals surface area contributed by atoms with Gasteiger partial charge in [-0.15, -0.1) is 0 Å².